The number of carbonyl (C=O) groups excluding carboxylic acids is 1. The highest BCUT2D eigenvalue weighted by Gasteiger charge is 2.38. The number of ether oxygens (including phenoxy) is 4. The Morgan fingerprint density at radius 3 is 1.98 bits per heavy atom. The predicted molar refractivity (Wildman–Crippen MR) is 151 cm³/mol. The van der Waals surface area contributed by atoms with Gasteiger partial charge in [0.25, 0.3) is 5.91 Å². The SMILES string of the molecule is COc1ccc(CC2c3cc(OC)c(OCc4ccccc4)cc3CCN2C(=O)c2c(F)c(F)c(F)c(F)c2F)cc1OC. The molecule has 5 rings (SSSR count). The predicted octanol–water partition coefficient (Wildman–Crippen LogP) is 6.97. The Hall–Kier alpha value is -4.80. The number of benzene rings is 4. The van der Waals surface area contributed by atoms with E-state index in [1.807, 2.05) is 30.3 Å². The molecule has 0 saturated carbocycles. The van der Waals surface area contributed by atoms with E-state index in [1.165, 1.54) is 21.3 Å². The minimum Gasteiger partial charge on any atom is -0.493 e. The summed E-state index contributed by atoms with van der Waals surface area (Å²) in [5.41, 5.74) is 1.39. The number of fused-ring (bicyclic) bond motifs is 1. The van der Waals surface area contributed by atoms with Crippen molar-refractivity contribution < 1.29 is 45.7 Å². The number of halogens is 5. The molecule has 0 bridgehead atoms. The van der Waals surface area contributed by atoms with Gasteiger partial charge in [0, 0.05) is 6.54 Å². The number of amides is 1. The average molecular weight is 614 g/mol. The van der Waals surface area contributed by atoms with Gasteiger partial charge in [-0.15, -0.1) is 0 Å². The van der Waals surface area contributed by atoms with Gasteiger partial charge in [-0.1, -0.05) is 36.4 Å². The number of nitrogens with zero attached hydrogens (tertiary/aromatic N) is 1. The van der Waals surface area contributed by atoms with Crippen LogP contribution in [0.3, 0.4) is 0 Å². The fraction of sp³-hybridized carbons (Fsp3) is 0.242. The van der Waals surface area contributed by atoms with E-state index in [0.29, 0.717) is 34.1 Å². The first kappa shape index (κ1) is 30.7. The molecule has 4 aromatic rings. The summed E-state index contributed by atoms with van der Waals surface area (Å²) in [6.45, 7) is 0.184. The molecule has 1 atom stereocenters. The molecule has 4 aromatic carbocycles. The molecule has 1 unspecified atom stereocenters. The summed E-state index contributed by atoms with van der Waals surface area (Å²) in [7, 11) is 4.38. The molecule has 11 heteroatoms. The molecule has 230 valence electrons. The maximum Gasteiger partial charge on any atom is 0.260 e. The van der Waals surface area contributed by atoms with Crippen molar-refractivity contribution in [3.8, 4) is 23.0 Å². The average Bonchev–Trinajstić information content (AvgIpc) is 3.05. The second-order valence-electron chi connectivity index (χ2n) is 10.1. The van der Waals surface area contributed by atoms with Gasteiger partial charge >= 0.3 is 0 Å². The molecule has 0 N–H and O–H groups in total. The zero-order valence-corrected chi connectivity index (χ0v) is 24.1. The van der Waals surface area contributed by atoms with E-state index >= 15 is 0 Å². The molecule has 1 heterocycles. The monoisotopic (exact) mass is 613 g/mol. The van der Waals surface area contributed by atoms with Gasteiger partial charge in [-0.3, -0.25) is 4.79 Å². The van der Waals surface area contributed by atoms with Crippen LogP contribution in [-0.2, 0) is 19.4 Å². The third kappa shape index (κ3) is 5.73. The summed E-state index contributed by atoms with van der Waals surface area (Å²) < 4.78 is 94.0. The highest BCUT2D eigenvalue weighted by atomic mass is 19.2. The quantitative estimate of drug-likeness (QED) is 0.116. The number of rotatable bonds is 9. The minimum atomic E-state index is -2.34. The summed E-state index contributed by atoms with van der Waals surface area (Å²) in [6, 6.07) is 17.1. The van der Waals surface area contributed by atoms with Crippen LogP contribution in [0, 0.1) is 29.1 Å². The summed E-state index contributed by atoms with van der Waals surface area (Å²) in [6.07, 6.45) is 0.312. The smallest absolute Gasteiger partial charge is 0.260 e. The number of hydrogen-bond donors (Lipinski definition) is 0. The van der Waals surface area contributed by atoms with Gasteiger partial charge in [0.1, 0.15) is 12.2 Å². The second kappa shape index (κ2) is 12.8. The normalized spacial score (nSPS) is 14.2. The molecule has 0 saturated heterocycles. The number of hydrogen-bond acceptors (Lipinski definition) is 5. The van der Waals surface area contributed by atoms with Crippen molar-refractivity contribution in [2.24, 2.45) is 0 Å². The fourth-order valence-electron chi connectivity index (χ4n) is 5.35. The van der Waals surface area contributed by atoms with Crippen molar-refractivity contribution in [3.05, 3.63) is 118 Å². The third-order valence-electron chi connectivity index (χ3n) is 7.58. The summed E-state index contributed by atoms with van der Waals surface area (Å²) in [4.78, 5) is 14.8. The van der Waals surface area contributed by atoms with Gasteiger partial charge in [-0.25, -0.2) is 22.0 Å². The topological polar surface area (TPSA) is 57.2 Å². The van der Waals surface area contributed by atoms with Gasteiger partial charge in [0.05, 0.1) is 27.4 Å². The number of carbonyl (C=O) groups is 1. The van der Waals surface area contributed by atoms with Crippen molar-refractivity contribution in [1.29, 1.82) is 0 Å². The Kier molecular flexibility index (Phi) is 8.93. The highest BCUT2D eigenvalue weighted by Crippen LogP contribution is 2.42. The molecule has 0 aliphatic carbocycles. The number of methoxy groups -OCH3 is 3. The van der Waals surface area contributed by atoms with Crippen LogP contribution in [0.2, 0.25) is 0 Å². The Bertz CT molecular complexity index is 1670. The molecule has 0 spiro atoms. The van der Waals surface area contributed by atoms with E-state index in [-0.39, 0.29) is 26.0 Å². The first-order valence-electron chi connectivity index (χ1n) is 13.6. The lowest BCUT2D eigenvalue weighted by molar-refractivity contribution is 0.0645. The molecule has 0 fully saturated rings. The Morgan fingerprint density at radius 2 is 1.34 bits per heavy atom. The molecule has 0 aromatic heterocycles. The molecule has 6 nitrogen and oxygen atoms in total. The molecule has 1 aliphatic heterocycles. The fourth-order valence-corrected chi connectivity index (χ4v) is 5.35. The van der Waals surface area contributed by atoms with E-state index in [2.05, 4.69) is 0 Å². The zero-order chi connectivity index (χ0) is 31.5. The first-order chi connectivity index (χ1) is 21.2. The molecular weight excluding hydrogens is 585 g/mol. The molecule has 1 aliphatic rings. The van der Waals surface area contributed by atoms with Crippen molar-refractivity contribution in [1.82, 2.24) is 4.90 Å². The van der Waals surface area contributed by atoms with E-state index in [9.17, 15) is 26.7 Å². The van der Waals surface area contributed by atoms with Gasteiger partial charge in [0.2, 0.25) is 5.82 Å². The van der Waals surface area contributed by atoms with Crippen molar-refractivity contribution >= 4 is 5.91 Å². The van der Waals surface area contributed by atoms with Crippen molar-refractivity contribution in [2.45, 2.75) is 25.5 Å². The standard InChI is InChI=1S/C33H28F5NO5/c1-41-23-10-9-19(14-24(23)42-2)13-22-21-16-25(43-3)26(44-17-18-7-5-4-6-8-18)15-20(21)11-12-39(22)33(40)27-28(34)30(36)32(38)31(37)29(27)35/h4-10,14-16,22H,11-13,17H2,1-3H3. The van der Waals surface area contributed by atoms with Crippen LogP contribution in [0.15, 0.2) is 60.7 Å². The molecule has 44 heavy (non-hydrogen) atoms. The maximum atomic E-state index is 14.8. The molecule has 1 amide bonds. The van der Waals surface area contributed by atoms with Crippen LogP contribution < -0.4 is 18.9 Å². The van der Waals surface area contributed by atoms with Gasteiger partial charge in [-0.05, 0) is 59.4 Å². The lowest BCUT2D eigenvalue weighted by atomic mass is 9.87. The summed E-state index contributed by atoms with van der Waals surface area (Å²) in [5.74, 6) is -10.8. The Labute approximate surface area is 250 Å². The first-order valence-corrected chi connectivity index (χ1v) is 13.6. The minimum absolute atomic E-state index is 0.0757. The van der Waals surface area contributed by atoms with E-state index in [0.717, 1.165) is 16.0 Å². The van der Waals surface area contributed by atoms with Gasteiger partial charge < -0.3 is 23.8 Å². The Balaban J connectivity index is 1.59. The van der Waals surface area contributed by atoms with Crippen LogP contribution >= 0.6 is 0 Å². The van der Waals surface area contributed by atoms with Crippen LogP contribution in [0.5, 0.6) is 23.0 Å². The van der Waals surface area contributed by atoms with E-state index in [4.69, 9.17) is 18.9 Å². The maximum absolute atomic E-state index is 14.8. The lowest BCUT2D eigenvalue weighted by Crippen LogP contribution is -2.42. The largest absolute Gasteiger partial charge is 0.493 e. The van der Waals surface area contributed by atoms with Crippen molar-refractivity contribution in [2.75, 3.05) is 27.9 Å². The molecule has 0 radical (unpaired) electrons. The zero-order valence-electron chi connectivity index (χ0n) is 24.1. The third-order valence-corrected chi connectivity index (χ3v) is 7.58. The van der Waals surface area contributed by atoms with Crippen LogP contribution in [0.4, 0.5) is 22.0 Å². The van der Waals surface area contributed by atoms with Crippen LogP contribution in [0.25, 0.3) is 0 Å². The summed E-state index contributed by atoms with van der Waals surface area (Å²) >= 11 is 0. The van der Waals surface area contributed by atoms with E-state index in [1.54, 1.807) is 30.3 Å². The van der Waals surface area contributed by atoms with E-state index < -0.39 is 46.6 Å². The van der Waals surface area contributed by atoms with Gasteiger partial charge in [0.15, 0.2) is 46.3 Å². The lowest BCUT2D eigenvalue weighted by Gasteiger charge is -2.38. The van der Waals surface area contributed by atoms with Crippen LogP contribution in [0.1, 0.15) is 38.7 Å². The Morgan fingerprint density at radius 1 is 0.727 bits per heavy atom. The molecular formula is C33H28F5NO5. The van der Waals surface area contributed by atoms with Gasteiger partial charge in [-0.2, -0.15) is 0 Å². The van der Waals surface area contributed by atoms with Crippen LogP contribution in [-0.4, -0.2) is 38.7 Å². The summed E-state index contributed by atoms with van der Waals surface area (Å²) in [5, 5.41) is 0. The highest BCUT2D eigenvalue weighted by molar-refractivity contribution is 5.95. The van der Waals surface area contributed by atoms with Crippen molar-refractivity contribution in [3.63, 3.8) is 0 Å². The second-order valence-corrected chi connectivity index (χ2v) is 10.1.